The lowest BCUT2D eigenvalue weighted by molar-refractivity contribution is -0.133. The molecule has 8 heteroatoms. The van der Waals surface area contributed by atoms with Crippen LogP contribution in [-0.4, -0.2) is 51.2 Å². The molecule has 29 heavy (non-hydrogen) atoms. The maximum Gasteiger partial charge on any atom is 0.265 e. The van der Waals surface area contributed by atoms with Gasteiger partial charge in [-0.3, -0.25) is 14.5 Å². The Morgan fingerprint density at radius 1 is 1.10 bits per heavy atom. The maximum atomic E-state index is 13.2. The number of para-hydroxylation sites is 2. The molecule has 0 aliphatic carbocycles. The number of anilines is 1. The summed E-state index contributed by atoms with van der Waals surface area (Å²) >= 11 is 0. The molecule has 2 amide bonds. The lowest BCUT2D eigenvalue weighted by atomic mass is 10.2. The molecule has 1 atom stereocenters. The van der Waals surface area contributed by atoms with Crippen molar-refractivity contribution < 1.29 is 14.3 Å². The zero-order valence-electron chi connectivity index (χ0n) is 16.4. The molecule has 3 aliphatic rings. The van der Waals surface area contributed by atoms with Crippen LogP contribution in [0.5, 0.6) is 5.75 Å². The largest absolute Gasteiger partial charge is 0.482 e. The van der Waals surface area contributed by atoms with Gasteiger partial charge in [0.05, 0.1) is 11.7 Å². The number of nitrogens with zero attached hydrogens (tertiary/aromatic N) is 5. The Bertz CT molecular complexity index is 940. The van der Waals surface area contributed by atoms with Crippen LogP contribution in [0, 0.1) is 0 Å². The van der Waals surface area contributed by atoms with Crippen LogP contribution in [0.4, 0.5) is 5.69 Å². The van der Waals surface area contributed by atoms with E-state index in [-0.39, 0.29) is 31.0 Å². The van der Waals surface area contributed by atoms with Gasteiger partial charge in [0.25, 0.3) is 5.91 Å². The third-order valence-electron chi connectivity index (χ3n) is 6.11. The van der Waals surface area contributed by atoms with E-state index in [2.05, 4.69) is 14.8 Å². The lowest BCUT2D eigenvalue weighted by Crippen LogP contribution is -2.46. The smallest absolute Gasteiger partial charge is 0.265 e. The molecule has 0 saturated carbocycles. The molecule has 0 spiro atoms. The number of carbonyl (C=O) groups is 2. The van der Waals surface area contributed by atoms with Crippen LogP contribution in [0.1, 0.15) is 49.8 Å². The molecule has 152 valence electrons. The first-order valence-electron chi connectivity index (χ1n) is 10.5. The predicted octanol–water partition coefficient (Wildman–Crippen LogP) is 2.09. The summed E-state index contributed by atoms with van der Waals surface area (Å²) in [5.74, 6) is 2.34. The summed E-state index contributed by atoms with van der Waals surface area (Å²) in [5, 5.41) is 8.88. The molecule has 5 rings (SSSR count). The Kier molecular flexibility index (Phi) is 4.69. The number of ether oxygens (including phenoxy) is 1. The van der Waals surface area contributed by atoms with Crippen molar-refractivity contribution in [1.82, 2.24) is 19.7 Å². The van der Waals surface area contributed by atoms with Crippen LogP contribution in [0.25, 0.3) is 0 Å². The number of fused-ring (bicyclic) bond motifs is 2. The van der Waals surface area contributed by atoms with Gasteiger partial charge in [0.2, 0.25) is 5.91 Å². The SMILES string of the molecule is O=C1COc2ccccc2N1CC(=O)N1CCC[C@H]1c1nnc2n1CCCCC2. The fourth-order valence-electron chi connectivity index (χ4n) is 4.64. The molecule has 8 nitrogen and oxygen atoms in total. The van der Waals surface area contributed by atoms with Crippen molar-refractivity contribution in [3.63, 3.8) is 0 Å². The summed E-state index contributed by atoms with van der Waals surface area (Å²) in [5.41, 5.74) is 0.657. The van der Waals surface area contributed by atoms with Crippen molar-refractivity contribution in [3.05, 3.63) is 35.9 Å². The molecule has 2 aromatic rings. The highest BCUT2D eigenvalue weighted by molar-refractivity contribution is 6.02. The standard InChI is InChI=1S/C21H25N5O3/c27-19(13-26-15-7-3-4-9-17(15)29-14-20(26)28)24-12-6-8-16(24)21-23-22-18-10-2-1-5-11-25(18)21/h3-4,7,9,16H,1-2,5-6,8,10-14H2/t16-/m0/s1. The van der Waals surface area contributed by atoms with Gasteiger partial charge in [0, 0.05) is 19.5 Å². The van der Waals surface area contributed by atoms with E-state index >= 15 is 0 Å². The van der Waals surface area contributed by atoms with Gasteiger partial charge < -0.3 is 14.2 Å². The molecule has 1 aromatic heterocycles. The third-order valence-corrected chi connectivity index (χ3v) is 6.11. The molecule has 3 aliphatic heterocycles. The number of carbonyl (C=O) groups excluding carboxylic acids is 2. The van der Waals surface area contributed by atoms with Crippen molar-refractivity contribution in [1.29, 1.82) is 0 Å². The number of likely N-dealkylation sites (tertiary alicyclic amines) is 1. The molecule has 0 radical (unpaired) electrons. The summed E-state index contributed by atoms with van der Waals surface area (Å²) in [6.45, 7) is 1.60. The number of benzene rings is 1. The quantitative estimate of drug-likeness (QED) is 0.795. The van der Waals surface area contributed by atoms with E-state index in [1.54, 1.807) is 4.90 Å². The normalized spacial score (nSPS) is 21.4. The number of aryl methyl sites for hydroxylation is 1. The molecule has 1 fully saturated rings. The first-order chi connectivity index (χ1) is 14.2. The lowest BCUT2D eigenvalue weighted by Gasteiger charge is -2.31. The third kappa shape index (κ3) is 3.26. The Balaban J connectivity index is 1.38. The summed E-state index contributed by atoms with van der Waals surface area (Å²) in [6, 6.07) is 7.29. The molecule has 0 N–H and O–H groups in total. The summed E-state index contributed by atoms with van der Waals surface area (Å²) in [4.78, 5) is 29.1. The minimum atomic E-state index is -0.191. The highest BCUT2D eigenvalue weighted by atomic mass is 16.5. The van der Waals surface area contributed by atoms with Crippen molar-refractivity contribution in [2.45, 2.75) is 51.1 Å². The van der Waals surface area contributed by atoms with Crippen LogP contribution >= 0.6 is 0 Å². The number of amides is 2. The number of aromatic nitrogens is 3. The Morgan fingerprint density at radius 2 is 2.00 bits per heavy atom. The number of hydrogen-bond donors (Lipinski definition) is 0. The fourth-order valence-corrected chi connectivity index (χ4v) is 4.64. The average Bonchev–Trinajstić information content (AvgIpc) is 3.31. The topological polar surface area (TPSA) is 80.6 Å². The first kappa shape index (κ1) is 18.1. The van der Waals surface area contributed by atoms with Crippen molar-refractivity contribution >= 4 is 17.5 Å². The number of rotatable bonds is 3. The molecule has 1 aromatic carbocycles. The van der Waals surface area contributed by atoms with Gasteiger partial charge in [-0.25, -0.2) is 0 Å². The Hall–Kier alpha value is -2.90. The van der Waals surface area contributed by atoms with E-state index < -0.39 is 0 Å². The van der Waals surface area contributed by atoms with Crippen molar-refractivity contribution in [3.8, 4) is 5.75 Å². The van der Waals surface area contributed by atoms with Gasteiger partial charge in [0.15, 0.2) is 12.4 Å². The minimum absolute atomic E-state index is 0.0245. The van der Waals surface area contributed by atoms with Gasteiger partial charge in [0.1, 0.15) is 18.1 Å². The highest BCUT2D eigenvalue weighted by Crippen LogP contribution is 2.34. The van der Waals surface area contributed by atoms with Crippen molar-refractivity contribution in [2.24, 2.45) is 0 Å². The highest BCUT2D eigenvalue weighted by Gasteiger charge is 2.36. The van der Waals surface area contributed by atoms with E-state index in [4.69, 9.17) is 4.74 Å². The van der Waals surface area contributed by atoms with Gasteiger partial charge in [-0.15, -0.1) is 10.2 Å². The minimum Gasteiger partial charge on any atom is -0.482 e. The molecule has 0 unspecified atom stereocenters. The van der Waals surface area contributed by atoms with Crippen molar-refractivity contribution in [2.75, 3.05) is 24.6 Å². The number of hydrogen-bond acceptors (Lipinski definition) is 5. The van der Waals surface area contributed by atoms with E-state index in [9.17, 15) is 9.59 Å². The zero-order valence-corrected chi connectivity index (χ0v) is 16.4. The Morgan fingerprint density at radius 3 is 2.93 bits per heavy atom. The van der Waals surface area contributed by atoms with E-state index in [1.807, 2.05) is 29.2 Å². The van der Waals surface area contributed by atoms with Gasteiger partial charge in [-0.05, 0) is 37.8 Å². The maximum absolute atomic E-state index is 13.2. The van der Waals surface area contributed by atoms with Crippen LogP contribution in [0.3, 0.4) is 0 Å². The first-order valence-corrected chi connectivity index (χ1v) is 10.5. The molecular weight excluding hydrogens is 370 g/mol. The van der Waals surface area contributed by atoms with Crippen LogP contribution < -0.4 is 9.64 Å². The summed E-state index contributed by atoms with van der Waals surface area (Å²) < 4.78 is 7.71. The molecule has 4 heterocycles. The van der Waals surface area contributed by atoms with Crippen LogP contribution in [-0.2, 0) is 22.6 Å². The second kappa shape index (κ2) is 7.50. The fraction of sp³-hybridized carbons (Fsp3) is 0.524. The van der Waals surface area contributed by atoms with Gasteiger partial charge >= 0.3 is 0 Å². The molecular formula is C21H25N5O3. The van der Waals surface area contributed by atoms with E-state index in [0.717, 1.165) is 50.3 Å². The average molecular weight is 395 g/mol. The summed E-state index contributed by atoms with van der Waals surface area (Å²) in [7, 11) is 0. The summed E-state index contributed by atoms with van der Waals surface area (Å²) in [6.07, 6.45) is 6.24. The van der Waals surface area contributed by atoms with Crippen LogP contribution in [0.2, 0.25) is 0 Å². The molecule has 0 bridgehead atoms. The van der Waals surface area contributed by atoms with E-state index in [1.165, 1.54) is 6.42 Å². The zero-order chi connectivity index (χ0) is 19.8. The Labute approximate surface area is 169 Å². The molecule has 1 saturated heterocycles. The predicted molar refractivity (Wildman–Crippen MR) is 106 cm³/mol. The second-order valence-corrected chi connectivity index (χ2v) is 7.92. The second-order valence-electron chi connectivity index (χ2n) is 7.92. The monoisotopic (exact) mass is 395 g/mol. The van der Waals surface area contributed by atoms with Gasteiger partial charge in [-0.2, -0.15) is 0 Å². The van der Waals surface area contributed by atoms with Gasteiger partial charge in [-0.1, -0.05) is 18.6 Å². The van der Waals surface area contributed by atoms with Crippen LogP contribution in [0.15, 0.2) is 24.3 Å². The van der Waals surface area contributed by atoms with E-state index in [0.29, 0.717) is 18.0 Å².